The Hall–Kier alpha value is -0.370. The van der Waals surface area contributed by atoms with E-state index in [1.54, 1.807) is 0 Å². The van der Waals surface area contributed by atoms with E-state index in [0.29, 0.717) is 3.67 Å². The van der Waals surface area contributed by atoms with Crippen LogP contribution in [0.15, 0.2) is 42.5 Å². The molecule has 0 radical (unpaired) electrons. The van der Waals surface area contributed by atoms with E-state index in [9.17, 15) is 0 Å². The van der Waals surface area contributed by atoms with Gasteiger partial charge in [-0.2, -0.15) is 0 Å². The summed E-state index contributed by atoms with van der Waals surface area (Å²) in [6, 6.07) is 16.1. The van der Waals surface area contributed by atoms with Crippen molar-refractivity contribution in [1.82, 2.24) is 0 Å². The number of benzene rings is 2. The third kappa shape index (κ3) is 4.72. The quantitative estimate of drug-likeness (QED) is 0.325. The summed E-state index contributed by atoms with van der Waals surface area (Å²) in [5.74, 6) is 0. The number of hydrogen-bond acceptors (Lipinski definition) is 0. The summed E-state index contributed by atoms with van der Waals surface area (Å²) in [5, 5.41) is 0. The molecule has 0 amide bonds. The van der Waals surface area contributed by atoms with Gasteiger partial charge in [0.2, 0.25) is 0 Å². The smallest absolute Gasteiger partial charge is 0.147 e. The van der Waals surface area contributed by atoms with Crippen LogP contribution in [0.2, 0.25) is 0 Å². The second-order valence-electron chi connectivity index (χ2n) is 8.96. The van der Waals surface area contributed by atoms with Crippen molar-refractivity contribution in [2.24, 2.45) is 0 Å². The number of rotatable bonds is 1. The Bertz CT molecular complexity index is 775. The van der Waals surface area contributed by atoms with Crippen molar-refractivity contribution >= 4 is 36.5 Å². The normalized spacial score (nSPS) is 16.2. The maximum atomic E-state index is 2.43. The van der Waals surface area contributed by atoms with Crippen LogP contribution in [0.25, 0.3) is 11.6 Å². The molecule has 2 aromatic carbocycles. The molecule has 0 saturated carbocycles. The summed E-state index contributed by atoms with van der Waals surface area (Å²) in [4.78, 5) is 0. The van der Waals surface area contributed by atoms with E-state index >= 15 is 0 Å². The summed E-state index contributed by atoms with van der Waals surface area (Å²) in [6.45, 7) is 13.9. The molecule has 3 heteroatoms. The Balaban J connectivity index is 0.00000169. The number of fused-ring (bicyclic) bond motifs is 1. The summed E-state index contributed by atoms with van der Waals surface area (Å²) in [5.41, 5.74) is 9.07. The minimum absolute atomic E-state index is 0. The minimum atomic E-state index is 0. The molecule has 0 saturated heterocycles. The first-order chi connectivity index (χ1) is 11.1. The summed E-state index contributed by atoms with van der Waals surface area (Å²) in [6.07, 6.45) is 2.42. The Morgan fingerprint density at radius 2 is 1.27 bits per heavy atom. The van der Waals surface area contributed by atoms with Gasteiger partial charge in [-0.3, -0.25) is 0 Å². The topological polar surface area (TPSA) is 0 Å². The van der Waals surface area contributed by atoms with Crippen LogP contribution in [0, 0.1) is 0 Å². The van der Waals surface area contributed by atoms with Crippen molar-refractivity contribution < 1.29 is 24.4 Å². The van der Waals surface area contributed by atoms with Gasteiger partial charge in [-0.15, -0.1) is 24.8 Å². The predicted molar refractivity (Wildman–Crippen MR) is 115 cm³/mol. The van der Waals surface area contributed by atoms with Crippen molar-refractivity contribution in [1.29, 1.82) is 0 Å². The molecule has 1 aliphatic carbocycles. The van der Waals surface area contributed by atoms with Crippen LogP contribution in [-0.4, -0.2) is 0 Å². The molecule has 0 spiro atoms. The molecular formula is C23H29Cl2Hf. The fourth-order valence-corrected chi connectivity index (χ4v) is 5.08. The van der Waals surface area contributed by atoms with Crippen molar-refractivity contribution in [3.8, 4) is 0 Å². The van der Waals surface area contributed by atoms with Gasteiger partial charge in [0.25, 0.3) is 0 Å². The zero-order valence-corrected chi connectivity index (χ0v) is 21.7. The minimum Gasteiger partial charge on any atom is -0.147 e. The third-order valence-electron chi connectivity index (χ3n) is 4.93. The maximum absolute atomic E-state index is 2.43. The molecule has 3 rings (SSSR count). The second kappa shape index (κ2) is 8.33. The van der Waals surface area contributed by atoms with Gasteiger partial charge >= 0.3 is 162 Å². The van der Waals surface area contributed by atoms with Crippen molar-refractivity contribution in [3.05, 3.63) is 70.3 Å². The SMILES string of the molecule is CC(C)(C)c1cc(C2=Cc3ccccc3[C@@H]2[Hf])cc(C(C)(C)C)c1.Cl.Cl. The molecule has 0 nitrogen and oxygen atoms in total. The van der Waals surface area contributed by atoms with Crippen LogP contribution >= 0.6 is 24.8 Å². The zero-order valence-electron chi connectivity index (χ0n) is 16.5. The standard InChI is InChI=1S/C23H27.2ClH.Hf/c1-22(2,3)20-13-19(14-21(15-20)23(4,5)6)18-11-16-9-7-8-10-17(16)12-18;;;/h7-15H,1-6H3;2*1H;. The Morgan fingerprint density at radius 1 is 0.769 bits per heavy atom. The Kier molecular flexibility index (Phi) is 7.58. The first kappa shape index (κ1) is 23.7. The van der Waals surface area contributed by atoms with Crippen LogP contribution in [0.4, 0.5) is 0 Å². The summed E-state index contributed by atoms with van der Waals surface area (Å²) < 4.78 is 0.601. The molecule has 1 aliphatic rings. The van der Waals surface area contributed by atoms with Gasteiger partial charge in [0.15, 0.2) is 0 Å². The fraction of sp³-hybridized carbons (Fsp3) is 0.391. The van der Waals surface area contributed by atoms with Crippen LogP contribution in [0.5, 0.6) is 0 Å². The molecule has 0 aliphatic heterocycles. The van der Waals surface area contributed by atoms with E-state index in [0.717, 1.165) is 24.4 Å². The Labute approximate surface area is 186 Å². The van der Waals surface area contributed by atoms with E-state index in [2.05, 4.69) is 90.1 Å². The molecule has 0 bridgehead atoms. The number of hydrogen-bond donors (Lipinski definition) is 0. The van der Waals surface area contributed by atoms with Gasteiger partial charge in [-0.1, -0.05) is 0 Å². The van der Waals surface area contributed by atoms with Crippen LogP contribution in [0.1, 0.15) is 73.0 Å². The van der Waals surface area contributed by atoms with Gasteiger partial charge in [0.1, 0.15) is 0 Å². The van der Waals surface area contributed by atoms with E-state index in [1.807, 2.05) is 0 Å². The summed E-state index contributed by atoms with van der Waals surface area (Å²) in [7, 11) is 0. The second-order valence-corrected chi connectivity index (χ2v) is 11.0. The first-order valence-corrected chi connectivity index (χ1v) is 10.8. The first-order valence-electron chi connectivity index (χ1n) is 8.75. The van der Waals surface area contributed by atoms with Gasteiger partial charge in [-0.05, 0) is 0 Å². The van der Waals surface area contributed by atoms with Crippen LogP contribution in [0.3, 0.4) is 0 Å². The van der Waals surface area contributed by atoms with Gasteiger partial charge in [0, 0.05) is 0 Å². The van der Waals surface area contributed by atoms with E-state index in [1.165, 1.54) is 33.4 Å². The molecule has 0 aromatic heterocycles. The molecule has 0 heterocycles. The number of allylic oxidation sites excluding steroid dienone is 1. The molecule has 0 N–H and O–H groups in total. The fourth-order valence-electron chi connectivity index (χ4n) is 3.23. The van der Waals surface area contributed by atoms with Crippen molar-refractivity contribution in [3.63, 3.8) is 0 Å². The largest absolute Gasteiger partial charge is 0.147 e. The molecule has 2 aromatic rings. The monoisotopic (exact) mass is 555 g/mol. The van der Waals surface area contributed by atoms with E-state index in [4.69, 9.17) is 0 Å². The van der Waals surface area contributed by atoms with Crippen molar-refractivity contribution in [2.75, 3.05) is 0 Å². The van der Waals surface area contributed by atoms with Gasteiger partial charge in [-0.25, -0.2) is 0 Å². The molecule has 1 atom stereocenters. The van der Waals surface area contributed by atoms with Crippen LogP contribution < -0.4 is 0 Å². The average Bonchev–Trinajstić information content (AvgIpc) is 2.83. The van der Waals surface area contributed by atoms with E-state index < -0.39 is 0 Å². The van der Waals surface area contributed by atoms with Crippen molar-refractivity contribution in [2.45, 2.75) is 56.0 Å². The van der Waals surface area contributed by atoms with E-state index in [-0.39, 0.29) is 35.6 Å². The summed E-state index contributed by atoms with van der Waals surface area (Å²) >= 11 is 1.15. The molecular weight excluding hydrogens is 526 g/mol. The maximum Gasteiger partial charge on any atom is -0.147 e. The zero-order chi connectivity index (χ0) is 17.7. The third-order valence-corrected chi connectivity index (χ3v) is 7.16. The molecule has 139 valence electrons. The Morgan fingerprint density at radius 3 is 1.73 bits per heavy atom. The van der Waals surface area contributed by atoms with Gasteiger partial charge < -0.3 is 0 Å². The average molecular weight is 555 g/mol. The predicted octanol–water partition coefficient (Wildman–Crippen LogP) is 7.27. The molecule has 0 fully saturated rings. The van der Waals surface area contributed by atoms with Crippen LogP contribution in [-0.2, 0) is 35.2 Å². The molecule has 26 heavy (non-hydrogen) atoms. The van der Waals surface area contributed by atoms with Gasteiger partial charge in [0.05, 0.1) is 0 Å². The molecule has 0 unspecified atom stereocenters. The number of halogens is 2.